The van der Waals surface area contributed by atoms with Crippen molar-refractivity contribution >= 4 is 67.9 Å². The second kappa shape index (κ2) is 12.4. The number of halogens is 1. The molecule has 0 spiro atoms. The molecule has 5 rings (SSSR count). The van der Waals surface area contributed by atoms with Crippen molar-refractivity contribution in [3.63, 3.8) is 0 Å². The van der Waals surface area contributed by atoms with E-state index < -0.39 is 0 Å². The first kappa shape index (κ1) is 26.9. The number of hydrogen-bond acceptors (Lipinski definition) is 9. The van der Waals surface area contributed by atoms with Gasteiger partial charge < -0.3 is 25.4 Å². The molecule has 4 aromatic rings. The van der Waals surface area contributed by atoms with Gasteiger partial charge in [-0.15, -0.1) is 11.3 Å². The van der Waals surface area contributed by atoms with E-state index in [1.54, 1.807) is 23.5 Å². The maximum absolute atomic E-state index is 11.7. The van der Waals surface area contributed by atoms with Gasteiger partial charge in [-0.1, -0.05) is 24.2 Å². The molecule has 39 heavy (non-hydrogen) atoms. The Labute approximate surface area is 235 Å². The SMILES string of the molecule is C=CC(=O)Nc1cccc(Nc2nc(Nc3ccc(OCC(C)N4CCOCC4)c(Cl)c3)nc3ccsc23)c1. The third-order valence-electron chi connectivity index (χ3n) is 6.22. The summed E-state index contributed by atoms with van der Waals surface area (Å²) >= 11 is 8.10. The van der Waals surface area contributed by atoms with Gasteiger partial charge in [0.1, 0.15) is 12.4 Å². The van der Waals surface area contributed by atoms with Crippen LogP contribution in [-0.2, 0) is 9.53 Å². The number of carbonyl (C=O) groups is 1. The number of nitrogens with one attached hydrogen (secondary N) is 3. The lowest BCUT2D eigenvalue weighted by molar-refractivity contribution is -0.111. The summed E-state index contributed by atoms with van der Waals surface area (Å²) in [6, 6.07) is 15.1. The van der Waals surface area contributed by atoms with Crippen LogP contribution in [0.5, 0.6) is 5.75 Å². The number of fused-ring (bicyclic) bond motifs is 1. The van der Waals surface area contributed by atoms with Gasteiger partial charge in [0, 0.05) is 36.2 Å². The van der Waals surface area contributed by atoms with E-state index in [9.17, 15) is 4.79 Å². The third-order valence-corrected chi connectivity index (χ3v) is 7.42. The number of amides is 1. The zero-order valence-electron chi connectivity index (χ0n) is 21.4. The Morgan fingerprint density at radius 3 is 2.74 bits per heavy atom. The van der Waals surface area contributed by atoms with Crippen molar-refractivity contribution in [2.45, 2.75) is 13.0 Å². The summed E-state index contributed by atoms with van der Waals surface area (Å²) in [7, 11) is 0. The Morgan fingerprint density at radius 1 is 1.15 bits per heavy atom. The average molecular weight is 565 g/mol. The van der Waals surface area contributed by atoms with Crippen LogP contribution in [0.3, 0.4) is 0 Å². The summed E-state index contributed by atoms with van der Waals surface area (Å²) in [5.41, 5.74) is 2.96. The Morgan fingerprint density at radius 2 is 1.95 bits per heavy atom. The molecule has 202 valence electrons. The molecular formula is C28H29ClN6O3S. The van der Waals surface area contributed by atoms with Crippen LogP contribution in [0.1, 0.15) is 6.92 Å². The first-order valence-electron chi connectivity index (χ1n) is 12.6. The zero-order valence-corrected chi connectivity index (χ0v) is 23.0. The Hall–Kier alpha value is -3.70. The Bertz CT molecular complexity index is 1470. The van der Waals surface area contributed by atoms with Gasteiger partial charge in [-0.2, -0.15) is 4.98 Å². The van der Waals surface area contributed by atoms with Crippen molar-refractivity contribution in [1.29, 1.82) is 0 Å². The van der Waals surface area contributed by atoms with Crippen LogP contribution in [0, 0.1) is 0 Å². The van der Waals surface area contributed by atoms with E-state index in [1.807, 2.05) is 41.8 Å². The van der Waals surface area contributed by atoms with Gasteiger partial charge in [-0.25, -0.2) is 4.98 Å². The fourth-order valence-corrected chi connectivity index (χ4v) is 5.18. The van der Waals surface area contributed by atoms with Gasteiger partial charge in [0.15, 0.2) is 5.82 Å². The Balaban J connectivity index is 1.29. The molecule has 1 unspecified atom stereocenters. The number of rotatable bonds is 10. The van der Waals surface area contributed by atoms with E-state index >= 15 is 0 Å². The number of thiophene rings is 1. The number of aromatic nitrogens is 2. The van der Waals surface area contributed by atoms with Crippen LogP contribution in [0.25, 0.3) is 10.2 Å². The number of benzene rings is 2. The van der Waals surface area contributed by atoms with E-state index in [0.29, 0.717) is 34.8 Å². The van der Waals surface area contributed by atoms with Crippen LogP contribution in [0.2, 0.25) is 5.02 Å². The minimum atomic E-state index is -0.275. The second-order valence-corrected chi connectivity index (χ2v) is 10.3. The highest BCUT2D eigenvalue weighted by Crippen LogP contribution is 2.33. The number of anilines is 5. The second-order valence-electron chi connectivity index (χ2n) is 9.01. The molecule has 3 heterocycles. The number of ether oxygens (including phenoxy) is 2. The van der Waals surface area contributed by atoms with Crippen LogP contribution < -0.4 is 20.7 Å². The summed E-state index contributed by atoms with van der Waals surface area (Å²) in [6.45, 7) is 9.49. The van der Waals surface area contributed by atoms with E-state index in [4.69, 9.17) is 26.1 Å². The molecule has 0 bridgehead atoms. The molecule has 9 nitrogen and oxygen atoms in total. The maximum atomic E-state index is 11.7. The average Bonchev–Trinajstić information content (AvgIpc) is 3.42. The topological polar surface area (TPSA) is 101 Å². The van der Waals surface area contributed by atoms with Gasteiger partial charge in [0.25, 0.3) is 0 Å². The highest BCUT2D eigenvalue weighted by Gasteiger charge is 2.18. The van der Waals surface area contributed by atoms with Crippen molar-refractivity contribution in [3.8, 4) is 5.75 Å². The van der Waals surface area contributed by atoms with Crippen LogP contribution in [0.15, 0.2) is 66.6 Å². The van der Waals surface area contributed by atoms with Crippen LogP contribution in [-0.4, -0.2) is 59.7 Å². The monoisotopic (exact) mass is 564 g/mol. The zero-order chi connectivity index (χ0) is 27.2. The summed E-state index contributed by atoms with van der Waals surface area (Å²) in [6.07, 6.45) is 1.23. The number of hydrogen-bond donors (Lipinski definition) is 3. The number of nitrogens with zero attached hydrogens (tertiary/aromatic N) is 3. The van der Waals surface area contributed by atoms with Crippen molar-refractivity contribution in [3.05, 3.63) is 71.6 Å². The molecule has 11 heteroatoms. The molecule has 1 amide bonds. The summed E-state index contributed by atoms with van der Waals surface area (Å²) in [4.78, 5) is 23.4. The van der Waals surface area contributed by atoms with Crippen molar-refractivity contribution in [1.82, 2.24) is 14.9 Å². The first-order chi connectivity index (χ1) is 19.0. The molecule has 0 saturated carbocycles. The molecule has 0 aliphatic carbocycles. The van der Waals surface area contributed by atoms with E-state index in [2.05, 4.69) is 39.3 Å². The molecule has 0 radical (unpaired) electrons. The van der Waals surface area contributed by atoms with Gasteiger partial charge in [-0.3, -0.25) is 9.69 Å². The van der Waals surface area contributed by atoms with Gasteiger partial charge in [-0.05, 0) is 60.8 Å². The van der Waals surface area contributed by atoms with E-state index in [1.165, 1.54) is 6.08 Å². The quantitative estimate of drug-likeness (QED) is 0.200. The van der Waals surface area contributed by atoms with Gasteiger partial charge in [0.05, 0.1) is 28.5 Å². The molecule has 1 fully saturated rings. The predicted octanol–water partition coefficient (Wildman–Crippen LogP) is 6.06. The molecule has 1 atom stereocenters. The lowest BCUT2D eigenvalue weighted by Crippen LogP contribution is -2.44. The Kier molecular flexibility index (Phi) is 8.58. The number of morpholine rings is 1. The summed E-state index contributed by atoms with van der Waals surface area (Å²) in [5, 5.41) is 11.8. The van der Waals surface area contributed by atoms with Crippen molar-refractivity contribution < 1.29 is 14.3 Å². The van der Waals surface area contributed by atoms with Crippen molar-refractivity contribution in [2.75, 3.05) is 48.9 Å². The molecule has 3 N–H and O–H groups in total. The summed E-state index contributed by atoms with van der Waals surface area (Å²) < 4.78 is 12.4. The predicted molar refractivity (Wildman–Crippen MR) is 158 cm³/mol. The molecule has 1 aliphatic rings. The van der Waals surface area contributed by atoms with Gasteiger partial charge >= 0.3 is 0 Å². The molecular weight excluding hydrogens is 536 g/mol. The van der Waals surface area contributed by atoms with Gasteiger partial charge in [0.2, 0.25) is 11.9 Å². The van der Waals surface area contributed by atoms with Crippen LogP contribution >= 0.6 is 22.9 Å². The maximum Gasteiger partial charge on any atom is 0.247 e. The van der Waals surface area contributed by atoms with E-state index in [-0.39, 0.29) is 11.9 Å². The fourth-order valence-electron chi connectivity index (χ4n) is 4.17. The minimum absolute atomic E-state index is 0.262. The van der Waals surface area contributed by atoms with Crippen molar-refractivity contribution in [2.24, 2.45) is 0 Å². The van der Waals surface area contributed by atoms with E-state index in [0.717, 1.165) is 47.9 Å². The lowest BCUT2D eigenvalue weighted by Gasteiger charge is -2.32. The molecule has 1 aliphatic heterocycles. The van der Waals surface area contributed by atoms with Crippen LogP contribution in [0.4, 0.5) is 28.8 Å². The third kappa shape index (κ3) is 6.85. The smallest absolute Gasteiger partial charge is 0.247 e. The molecule has 1 saturated heterocycles. The normalized spacial score (nSPS) is 14.5. The molecule has 2 aromatic carbocycles. The standard InChI is InChI=1S/C28H29ClN6O3S/c1-3-25(36)30-19-5-4-6-20(15-19)31-27-26-23(9-14-39-26)33-28(34-27)32-21-7-8-24(22(29)16-21)38-17-18(2)35-10-12-37-13-11-35/h3-9,14-16,18H,1,10-13,17H2,2H3,(H,30,36)(H2,31,32,33,34). The number of carbonyl (C=O) groups excluding carboxylic acids is 1. The largest absolute Gasteiger partial charge is 0.490 e. The molecule has 2 aromatic heterocycles. The first-order valence-corrected chi connectivity index (χ1v) is 13.8. The lowest BCUT2D eigenvalue weighted by atomic mass is 10.2. The fraction of sp³-hybridized carbons (Fsp3) is 0.250. The highest BCUT2D eigenvalue weighted by atomic mass is 35.5. The minimum Gasteiger partial charge on any atom is -0.490 e. The summed E-state index contributed by atoms with van der Waals surface area (Å²) in [5.74, 6) is 1.42. The highest BCUT2D eigenvalue weighted by molar-refractivity contribution is 7.17.